The summed E-state index contributed by atoms with van der Waals surface area (Å²) in [6.07, 6.45) is 2.82. The molecule has 0 aromatic carbocycles. The predicted molar refractivity (Wildman–Crippen MR) is 53.4 cm³/mol. The smallest absolute Gasteiger partial charge is 0.323 e. The van der Waals surface area contributed by atoms with Gasteiger partial charge in [0.15, 0.2) is 0 Å². The van der Waals surface area contributed by atoms with Crippen molar-refractivity contribution in [3.05, 3.63) is 12.4 Å². The second kappa shape index (κ2) is 5.58. The zero-order valence-corrected chi connectivity index (χ0v) is 8.81. The summed E-state index contributed by atoms with van der Waals surface area (Å²) >= 11 is 0. The third-order valence-corrected chi connectivity index (χ3v) is 1.79. The van der Waals surface area contributed by atoms with E-state index in [1.807, 2.05) is 0 Å². The van der Waals surface area contributed by atoms with E-state index in [-0.39, 0.29) is 6.54 Å². The minimum absolute atomic E-state index is 0.194. The molecule has 0 bridgehead atoms. The highest BCUT2D eigenvalue weighted by Crippen LogP contribution is 1.93. The molecule has 2 amide bonds. The van der Waals surface area contributed by atoms with Crippen molar-refractivity contribution in [3.63, 3.8) is 0 Å². The quantitative estimate of drug-likeness (QED) is 0.574. The standard InChI is InChI=1S/C8H11N5O4/c9-6(14)3-12(5-8(16)17)7(15)4-13-2-1-10-11-13/h1-2H,3-5H2,(H2,9,14)(H,16,17). The van der Waals surface area contributed by atoms with Crippen LogP contribution in [0.4, 0.5) is 0 Å². The van der Waals surface area contributed by atoms with Crippen LogP contribution in [-0.2, 0) is 20.9 Å². The lowest BCUT2D eigenvalue weighted by Gasteiger charge is -2.18. The van der Waals surface area contributed by atoms with Crippen LogP contribution >= 0.6 is 0 Å². The lowest BCUT2D eigenvalue weighted by Crippen LogP contribution is -2.43. The lowest BCUT2D eigenvalue weighted by molar-refractivity contribution is -0.146. The summed E-state index contributed by atoms with van der Waals surface area (Å²) in [6, 6.07) is 0. The summed E-state index contributed by atoms with van der Waals surface area (Å²) in [6.45, 7) is -1.23. The molecule has 9 heteroatoms. The summed E-state index contributed by atoms with van der Waals surface area (Å²) in [5.41, 5.74) is 4.92. The van der Waals surface area contributed by atoms with Gasteiger partial charge in [0.2, 0.25) is 11.8 Å². The number of primary amides is 1. The van der Waals surface area contributed by atoms with Crippen molar-refractivity contribution in [1.82, 2.24) is 19.9 Å². The van der Waals surface area contributed by atoms with E-state index in [0.717, 1.165) is 4.90 Å². The van der Waals surface area contributed by atoms with Gasteiger partial charge in [-0.25, -0.2) is 4.68 Å². The van der Waals surface area contributed by atoms with Crippen LogP contribution < -0.4 is 5.73 Å². The van der Waals surface area contributed by atoms with E-state index in [1.54, 1.807) is 0 Å². The molecule has 92 valence electrons. The Labute approximate surface area is 95.8 Å². The lowest BCUT2D eigenvalue weighted by atomic mass is 10.4. The molecule has 0 aliphatic rings. The van der Waals surface area contributed by atoms with Gasteiger partial charge in [-0.05, 0) is 0 Å². The molecule has 0 fully saturated rings. The number of amides is 2. The molecule has 0 saturated carbocycles. The number of aliphatic carboxylic acids is 1. The molecule has 9 nitrogen and oxygen atoms in total. The van der Waals surface area contributed by atoms with Crippen molar-refractivity contribution in [2.75, 3.05) is 13.1 Å². The van der Waals surface area contributed by atoms with Crippen LogP contribution in [0.2, 0.25) is 0 Å². The van der Waals surface area contributed by atoms with Crippen molar-refractivity contribution in [3.8, 4) is 0 Å². The van der Waals surface area contributed by atoms with Gasteiger partial charge in [0, 0.05) is 6.20 Å². The Kier molecular flexibility index (Phi) is 4.14. The van der Waals surface area contributed by atoms with Crippen molar-refractivity contribution >= 4 is 17.8 Å². The number of nitrogens with zero attached hydrogens (tertiary/aromatic N) is 4. The summed E-state index contributed by atoms with van der Waals surface area (Å²) in [4.78, 5) is 33.7. The molecule has 0 spiro atoms. The second-order valence-electron chi connectivity index (χ2n) is 3.21. The zero-order valence-electron chi connectivity index (χ0n) is 8.81. The number of carbonyl (C=O) groups excluding carboxylic acids is 2. The first-order valence-corrected chi connectivity index (χ1v) is 4.61. The molecule has 0 aliphatic carbocycles. The number of carboxylic acids is 1. The van der Waals surface area contributed by atoms with Gasteiger partial charge in [-0.15, -0.1) is 5.10 Å². The largest absolute Gasteiger partial charge is 0.480 e. The molecule has 3 N–H and O–H groups in total. The summed E-state index contributed by atoms with van der Waals surface area (Å²) < 4.78 is 1.22. The van der Waals surface area contributed by atoms with Crippen LogP contribution in [0.25, 0.3) is 0 Å². The average molecular weight is 241 g/mol. The van der Waals surface area contributed by atoms with E-state index in [9.17, 15) is 14.4 Å². The number of hydrogen-bond acceptors (Lipinski definition) is 5. The second-order valence-corrected chi connectivity index (χ2v) is 3.21. The number of hydrogen-bond donors (Lipinski definition) is 2. The van der Waals surface area contributed by atoms with Gasteiger partial charge in [0.25, 0.3) is 0 Å². The normalized spacial score (nSPS) is 9.88. The zero-order chi connectivity index (χ0) is 12.8. The fraction of sp³-hybridized carbons (Fsp3) is 0.375. The number of aromatic nitrogens is 3. The summed E-state index contributed by atoms with van der Waals surface area (Å²) in [7, 11) is 0. The van der Waals surface area contributed by atoms with Crippen LogP contribution in [0.3, 0.4) is 0 Å². The number of carbonyl (C=O) groups is 3. The third-order valence-electron chi connectivity index (χ3n) is 1.79. The van der Waals surface area contributed by atoms with Crippen LogP contribution in [0.5, 0.6) is 0 Å². The van der Waals surface area contributed by atoms with E-state index in [1.165, 1.54) is 17.1 Å². The van der Waals surface area contributed by atoms with Gasteiger partial charge in [-0.3, -0.25) is 14.4 Å². The average Bonchev–Trinajstić information content (AvgIpc) is 2.67. The number of rotatable bonds is 6. The van der Waals surface area contributed by atoms with E-state index in [4.69, 9.17) is 10.8 Å². The van der Waals surface area contributed by atoms with Crippen LogP contribution in [-0.4, -0.2) is 55.9 Å². The Morgan fingerprint density at radius 2 is 2.06 bits per heavy atom. The topological polar surface area (TPSA) is 131 Å². The fourth-order valence-corrected chi connectivity index (χ4v) is 1.14. The van der Waals surface area contributed by atoms with Crippen molar-refractivity contribution in [2.45, 2.75) is 6.54 Å². The predicted octanol–water partition coefficient (Wildman–Crippen LogP) is -2.32. The maximum absolute atomic E-state index is 11.6. The van der Waals surface area contributed by atoms with Gasteiger partial charge >= 0.3 is 5.97 Å². The maximum Gasteiger partial charge on any atom is 0.323 e. The molecule has 0 saturated heterocycles. The highest BCUT2D eigenvalue weighted by atomic mass is 16.4. The van der Waals surface area contributed by atoms with Crippen LogP contribution in [0.1, 0.15) is 0 Å². The van der Waals surface area contributed by atoms with Crippen molar-refractivity contribution < 1.29 is 19.5 Å². The van der Waals surface area contributed by atoms with E-state index >= 15 is 0 Å². The van der Waals surface area contributed by atoms with Gasteiger partial charge in [0.05, 0.1) is 12.7 Å². The molecule has 0 aliphatic heterocycles. The first kappa shape index (κ1) is 12.6. The molecular weight excluding hydrogens is 230 g/mol. The van der Waals surface area contributed by atoms with E-state index in [2.05, 4.69) is 10.3 Å². The maximum atomic E-state index is 11.6. The highest BCUT2D eigenvalue weighted by Gasteiger charge is 2.19. The molecule has 1 aromatic rings. The van der Waals surface area contributed by atoms with Crippen LogP contribution in [0, 0.1) is 0 Å². The molecule has 0 radical (unpaired) electrons. The minimum atomic E-state index is -1.22. The van der Waals surface area contributed by atoms with Crippen LogP contribution in [0.15, 0.2) is 12.4 Å². The van der Waals surface area contributed by atoms with Gasteiger partial charge < -0.3 is 15.7 Å². The summed E-state index contributed by atoms with van der Waals surface area (Å²) in [5, 5.41) is 15.6. The molecule has 1 aromatic heterocycles. The van der Waals surface area contributed by atoms with Crippen molar-refractivity contribution in [1.29, 1.82) is 0 Å². The highest BCUT2D eigenvalue weighted by molar-refractivity contribution is 5.86. The Hall–Kier alpha value is -2.45. The van der Waals surface area contributed by atoms with Crippen molar-refractivity contribution in [2.24, 2.45) is 5.73 Å². The minimum Gasteiger partial charge on any atom is -0.480 e. The first-order chi connectivity index (χ1) is 7.99. The molecule has 0 unspecified atom stereocenters. The fourth-order valence-electron chi connectivity index (χ4n) is 1.14. The monoisotopic (exact) mass is 241 g/mol. The van der Waals surface area contributed by atoms with Gasteiger partial charge in [-0.1, -0.05) is 5.21 Å². The molecule has 1 rings (SSSR count). The molecule has 0 atom stereocenters. The summed E-state index contributed by atoms with van der Waals surface area (Å²) in [5.74, 6) is -2.58. The number of nitrogens with two attached hydrogens (primary N) is 1. The third kappa shape index (κ3) is 4.28. The van der Waals surface area contributed by atoms with E-state index in [0.29, 0.717) is 0 Å². The van der Waals surface area contributed by atoms with E-state index < -0.39 is 30.9 Å². The Bertz CT molecular complexity index is 400. The molecule has 1 heterocycles. The van der Waals surface area contributed by atoms with Gasteiger partial charge in [0.1, 0.15) is 13.1 Å². The first-order valence-electron chi connectivity index (χ1n) is 4.61. The Balaban J connectivity index is 2.65. The molecular formula is C8H11N5O4. The number of carboxylic acid groups (broad SMARTS) is 1. The van der Waals surface area contributed by atoms with Gasteiger partial charge in [-0.2, -0.15) is 0 Å². The molecule has 17 heavy (non-hydrogen) atoms. The SMILES string of the molecule is NC(=O)CN(CC(=O)O)C(=O)Cn1ccnn1. The Morgan fingerprint density at radius 3 is 2.53 bits per heavy atom. The Morgan fingerprint density at radius 1 is 1.35 bits per heavy atom.